The summed E-state index contributed by atoms with van der Waals surface area (Å²) in [5, 5.41) is 7.76. The Kier molecular flexibility index (Phi) is 4.91. The summed E-state index contributed by atoms with van der Waals surface area (Å²) < 4.78 is 7.35. The van der Waals surface area contributed by atoms with Gasteiger partial charge in [-0.3, -0.25) is 9.48 Å². The van der Waals surface area contributed by atoms with Gasteiger partial charge >= 0.3 is 0 Å². The number of hydrogen-bond donors (Lipinski definition) is 1. The molecule has 1 amide bonds. The van der Waals surface area contributed by atoms with Crippen LogP contribution in [0.1, 0.15) is 26.3 Å². The fraction of sp³-hybridized carbons (Fsp3) is 0.370. The van der Waals surface area contributed by atoms with E-state index in [1.165, 1.54) is 11.9 Å². The molecule has 1 N–H and O–H groups in total. The number of rotatable bonds is 6. The molecule has 3 heterocycles. The zero-order chi connectivity index (χ0) is 25.2. The number of pyridine rings is 1. The van der Waals surface area contributed by atoms with Gasteiger partial charge in [0, 0.05) is 37.4 Å². The van der Waals surface area contributed by atoms with Gasteiger partial charge in [0.2, 0.25) is 5.91 Å². The number of carbonyl (C=O) groups excluding carboxylic acids is 1. The Bertz CT molecular complexity index is 1490. The summed E-state index contributed by atoms with van der Waals surface area (Å²) in [7, 11) is 7.62. The molecule has 2 bridgehead atoms. The maximum atomic E-state index is 13.3. The number of benzene rings is 1. The van der Waals surface area contributed by atoms with E-state index < -0.39 is 0 Å². The predicted molar refractivity (Wildman–Crippen MR) is 140 cm³/mol. The Hall–Kier alpha value is -3.85. The molecule has 9 heteroatoms. The molecule has 36 heavy (non-hydrogen) atoms. The average Bonchev–Trinajstić information content (AvgIpc) is 3.18. The summed E-state index contributed by atoms with van der Waals surface area (Å²) in [6.07, 6.45) is 6.07. The number of amides is 1. The predicted octanol–water partition coefficient (Wildman–Crippen LogP) is 4.08. The van der Waals surface area contributed by atoms with Gasteiger partial charge in [-0.05, 0) is 40.3 Å². The maximum Gasteiger partial charge on any atom is 0.232 e. The van der Waals surface area contributed by atoms with Crippen molar-refractivity contribution < 1.29 is 11.0 Å². The number of nitrogens with zero attached hydrogens (tertiary/aromatic N) is 6. The molecule has 3 fully saturated rings. The van der Waals surface area contributed by atoms with Crippen LogP contribution < -0.4 is 10.1 Å². The fourth-order valence-electron chi connectivity index (χ4n) is 5.69. The van der Waals surface area contributed by atoms with Crippen LogP contribution in [0.5, 0.6) is 5.75 Å². The highest BCUT2D eigenvalue weighted by Gasteiger charge is 2.72. The molecule has 9 nitrogen and oxygen atoms in total. The molecule has 3 aromatic heterocycles. The molecule has 1 aromatic carbocycles. The number of methoxy groups -OCH3 is 1. The van der Waals surface area contributed by atoms with E-state index in [2.05, 4.69) is 65.5 Å². The second-order valence-electron chi connectivity index (χ2n) is 10.4. The normalized spacial score (nSPS) is 22.3. The third-order valence-electron chi connectivity index (χ3n) is 7.87. The van der Waals surface area contributed by atoms with Gasteiger partial charge < -0.3 is 15.0 Å². The highest BCUT2D eigenvalue weighted by Crippen LogP contribution is 2.69. The molecule has 4 aromatic rings. The minimum Gasteiger partial charge on any atom is -0.493 e. The van der Waals surface area contributed by atoms with Crippen molar-refractivity contribution in [2.24, 2.45) is 12.5 Å². The van der Waals surface area contributed by atoms with Gasteiger partial charge in [-0.1, -0.05) is 29.8 Å². The van der Waals surface area contributed by atoms with Crippen molar-refractivity contribution in [3.8, 4) is 28.3 Å². The summed E-state index contributed by atoms with van der Waals surface area (Å²) in [4.78, 5) is 29.4. The smallest absolute Gasteiger partial charge is 0.232 e. The van der Waals surface area contributed by atoms with Crippen molar-refractivity contribution in [2.75, 3.05) is 26.5 Å². The first-order chi connectivity index (χ1) is 17.2. The molecule has 0 spiro atoms. The van der Waals surface area contributed by atoms with Gasteiger partial charge in [0.15, 0.2) is 11.6 Å². The topological polar surface area (TPSA) is 98.1 Å². The summed E-state index contributed by atoms with van der Waals surface area (Å²) in [5.74, 6) is 0.853. The molecule has 0 radical (unpaired) electrons. The summed E-state index contributed by atoms with van der Waals surface area (Å²) in [5.41, 5.74) is 5.54. The summed E-state index contributed by atoms with van der Waals surface area (Å²) in [6.45, 7) is 2.06. The number of aryl methyl sites for hydroxylation is 2. The monoisotopic (exact) mass is 485 g/mol. The van der Waals surface area contributed by atoms with Crippen LogP contribution in [0, 0.1) is 12.3 Å². The first kappa shape index (κ1) is 22.6. The molecule has 3 aliphatic rings. The summed E-state index contributed by atoms with van der Waals surface area (Å²) >= 11 is 0. The van der Waals surface area contributed by atoms with Crippen LogP contribution in [-0.2, 0) is 11.8 Å². The number of aromatic nitrogens is 5. The number of nitrogens with one attached hydrogen (secondary N) is 1. The van der Waals surface area contributed by atoms with E-state index in [1.807, 2.05) is 13.2 Å². The maximum absolute atomic E-state index is 13.3. The summed E-state index contributed by atoms with van der Waals surface area (Å²) in [6, 6.07) is 10.0. The van der Waals surface area contributed by atoms with Crippen LogP contribution in [0.15, 0.2) is 42.9 Å². The molecular weight excluding hydrogens is 454 g/mol. The lowest BCUT2D eigenvalue weighted by molar-refractivity contribution is -0.204. The van der Waals surface area contributed by atoms with Crippen LogP contribution in [0.4, 0.5) is 5.82 Å². The first-order valence-corrected chi connectivity index (χ1v) is 12.0. The highest BCUT2D eigenvalue weighted by molar-refractivity contribution is 6.01. The van der Waals surface area contributed by atoms with E-state index in [-0.39, 0.29) is 18.3 Å². The minimum atomic E-state index is -0.316. The van der Waals surface area contributed by atoms with Gasteiger partial charge in [-0.25, -0.2) is 15.0 Å². The van der Waals surface area contributed by atoms with Crippen molar-refractivity contribution in [1.82, 2.24) is 29.6 Å². The molecule has 0 saturated heterocycles. The number of ether oxygens (including phenoxy) is 1. The fourth-order valence-corrected chi connectivity index (χ4v) is 5.69. The van der Waals surface area contributed by atoms with E-state index in [0.29, 0.717) is 28.3 Å². The minimum absolute atomic E-state index is 0. The Balaban J connectivity index is 0.00000280. The molecule has 0 unspecified atom stereocenters. The lowest BCUT2D eigenvalue weighted by Gasteiger charge is -2.71. The van der Waals surface area contributed by atoms with Crippen molar-refractivity contribution in [2.45, 2.75) is 31.7 Å². The van der Waals surface area contributed by atoms with E-state index in [9.17, 15) is 4.79 Å². The molecule has 7 rings (SSSR count). The van der Waals surface area contributed by atoms with E-state index >= 15 is 0 Å². The average molecular weight is 486 g/mol. The standard InChI is InChI=1S/C27H29N7O2.H2/c1-16-6-8-17(9-7-16)21-18(11-34(4)32-21)22-23-19(28-15-29-22)10-20(36-5)24(30-23)31-25(35)26-12-27(13-26,14-26)33(2)3;/h6-11,15H,12-14H2,1-5H3,(H,30,31,35);1H. The van der Waals surface area contributed by atoms with Gasteiger partial charge in [-0.15, -0.1) is 0 Å². The lowest BCUT2D eigenvalue weighted by Crippen LogP contribution is -2.76. The molecule has 3 saturated carbocycles. The number of fused-ring (bicyclic) bond motifs is 1. The van der Waals surface area contributed by atoms with Crippen molar-refractivity contribution >= 4 is 22.8 Å². The Morgan fingerprint density at radius 3 is 2.53 bits per heavy atom. The Morgan fingerprint density at radius 2 is 1.86 bits per heavy atom. The molecule has 0 aliphatic heterocycles. The first-order valence-electron chi connectivity index (χ1n) is 12.0. The molecule has 0 atom stereocenters. The van der Waals surface area contributed by atoms with Crippen molar-refractivity contribution in [3.05, 3.63) is 48.4 Å². The van der Waals surface area contributed by atoms with E-state index in [1.54, 1.807) is 17.9 Å². The number of hydrogen-bond acceptors (Lipinski definition) is 7. The van der Waals surface area contributed by atoms with Gasteiger partial charge in [0.1, 0.15) is 23.2 Å². The van der Waals surface area contributed by atoms with Crippen molar-refractivity contribution in [3.63, 3.8) is 0 Å². The van der Waals surface area contributed by atoms with E-state index in [0.717, 1.165) is 36.1 Å². The largest absolute Gasteiger partial charge is 0.493 e. The Labute approximate surface area is 211 Å². The van der Waals surface area contributed by atoms with E-state index in [4.69, 9.17) is 14.8 Å². The third kappa shape index (κ3) is 3.30. The Morgan fingerprint density at radius 1 is 1.14 bits per heavy atom. The second-order valence-corrected chi connectivity index (χ2v) is 10.4. The van der Waals surface area contributed by atoms with Gasteiger partial charge in [0.05, 0.1) is 18.0 Å². The third-order valence-corrected chi connectivity index (χ3v) is 7.87. The van der Waals surface area contributed by atoms with Crippen LogP contribution in [-0.4, -0.2) is 62.3 Å². The quantitative estimate of drug-likeness (QED) is 0.439. The number of anilines is 1. The molecule has 3 aliphatic carbocycles. The lowest BCUT2D eigenvalue weighted by atomic mass is 9.38. The zero-order valence-corrected chi connectivity index (χ0v) is 21.2. The molecular formula is C27H31N7O2. The van der Waals surface area contributed by atoms with Crippen LogP contribution in [0.2, 0.25) is 0 Å². The van der Waals surface area contributed by atoms with Gasteiger partial charge in [-0.2, -0.15) is 5.10 Å². The van der Waals surface area contributed by atoms with Crippen LogP contribution >= 0.6 is 0 Å². The van der Waals surface area contributed by atoms with Crippen molar-refractivity contribution in [1.29, 1.82) is 0 Å². The number of carbonyl (C=O) groups is 1. The molecule has 186 valence electrons. The SMILES string of the molecule is COc1cc2ncnc(-c3cn(C)nc3-c3ccc(C)cc3)c2nc1NC(=O)C12CC(N(C)C)(C1)C2.[HH]. The van der Waals surface area contributed by atoms with Crippen LogP contribution in [0.3, 0.4) is 0 Å². The van der Waals surface area contributed by atoms with Gasteiger partial charge in [0.25, 0.3) is 0 Å². The highest BCUT2D eigenvalue weighted by atomic mass is 16.5. The second kappa shape index (κ2) is 7.83. The van der Waals surface area contributed by atoms with Crippen LogP contribution in [0.25, 0.3) is 33.5 Å². The zero-order valence-electron chi connectivity index (χ0n) is 21.2.